The summed E-state index contributed by atoms with van der Waals surface area (Å²) in [4.78, 5) is 0. The molecule has 1 N–H and O–H groups in total. The van der Waals surface area contributed by atoms with Crippen LogP contribution in [-0.4, -0.2) is 12.6 Å². The van der Waals surface area contributed by atoms with E-state index in [2.05, 4.69) is 44.3 Å². The number of ether oxygens (including phenoxy) is 1. The number of hydrogen-bond donors (Lipinski definition) is 1. The molecule has 0 spiro atoms. The van der Waals surface area contributed by atoms with Gasteiger partial charge >= 0.3 is 0 Å². The standard InChI is InChI=1S/C18H27NO/c1-5-20-15-8-6-7-14(12-15)19-16-11-13-9-10-18(16,4)17(13,2)3/h6-8,12-13,16,19H,5,9-11H2,1-4H3. The highest BCUT2D eigenvalue weighted by atomic mass is 16.5. The van der Waals surface area contributed by atoms with Crippen molar-refractivity contribution < 1.29 is 4.74 Å². The van der Waals surface area contributed by atoms with Crippen LogP contribution in [0.15, 0.2) is 24.3 Å². The van der Waals surface area contributed by atoms with Crippen molar-refractivity contribution in [1.29, 1.82) is 0 Å². The van der Waals surface area contributed by atoms with Crippen molar-refractivity contribution in [3.8, 4) is 5.75 Å². The maximum atomic E-state index is 5.60. The Morgan fingerprint density at radius 3 is 2.70 bits per heavy atom. The van der Waals surface area contributed by atoms with Crippen molar-refractivity contribution in [3.63, 3.8) is 0 Å². The topological polar surface area (TPSA) is 21.3 Å². The highest BCUT2D eigenvalue weighted by Gasteiger charge is 2.61. The SMILES string of the molecule is CCOc1cccc(NC2CC3CCC2(C)C3(C)C)c1. The Bertz CT molecular complexity index is 496. The third-order valence-corrected chi connectivity index (χ3v) is 6.28. The largest absolute Gasteiger partial charge is 0.494 e. The smallest absolute Gasteiger partial charge is 0.121 e. The predicted octanol–water partition coefficient (Wildman–Crippen LogP) is 4.71. The van der Waals surface area contributed by atoms with Crippen molar-refractivity contribution in [1.82, 2.24) is 0 Å². The molecule has 2 heteroatoms. The number of hydrogen-bond acceptors (Lipinski definition) is 2. The molecule has 0 aliphatic heterocycles. The molecule has 0 radical (unpaired) electrons. The van der Waals surface area contributed by atoms with E-state index in [0.29, 0.717) is 16.9 Å². The Balaban J connectivity index is 1.78. The van der Waals surface area contributed by atoms with Crippen LogP contribution in [-0.2, 0) is 0 Å². The monoisotopic (exact) mass is 273 g/mol. The summed E-state index contributed by atoms with van der Waals surface area (Å²) in [6, 6.07) is 8.99. The molecule has 20 heavy (non-hydrogen) atoms. The minimum Gasteiger partial charge on any atom is -0.494 e. The van der Waals surface area contributed by atoms with Crippen molar-refractivity contribution in [2.24, 2.45) is 16.7 Å². The molecule has 0 aromatic heterocycles. The molecule has 2 aliphatic rings. The summed E-state index contributed by atoms with van der Waals surface area (Å²) in [6.45, 7) is 10.1. The first kappa shape index (κ1) is 13.8. The van der Waals surface area contributed by atoms with Crippen molar-refractivity contribution >= 4 is 5.69 Å². The van der Waals surface area contributed by atoms with E-state index in [9.17, 15) is 0 Å². The molecule has 2 nitrogen and oxygen atoms in total. The second-order valence-electron chi connectivity index (χ2n) is 7.27. The van der Waals surface area contributed by atoms with Crippen LogP contribution < -0.4 is 10.1 Å². The van der Waals surface area contributed by atoms with Crippen LogP contribution in [0.3, 0.4) is 0 Å². The van der Waals surface area contributed by atoms with Crippen molar-refractivity contribution in [3.05, 3.63) is 24.3 Å². The lowest BCUT2D eigenvalue weighted by molar-refractivity contribution is 0.142. The fourth-order valence-electron chi connectivity index (χ4n) is 4.47. The number of fused-ring (bicyclic) bond motifs is 2. The molecule has 3 atom stereocenters. The summed E-state index contributed by atoms with van der Waals surface area (Å²) < 4.78 is 5.60. The van der Waals surface area contributed by atoms with Gasteiger partial charge in [0.2, 0.25) is 0 Å². The molecular weight excluding hydrogens is 246 g/mol. The normalized spacial score (nSPS) is 34.2. The summed E-state index contributed by atoms with van der Waals surface area (Å²) in [5.74, 6) is 1.84. The summed E-state index contributed by atoms with van der Waals surface area (Å²) in [5.41, 5.74) is 2.08. The molecule has 0 heterocycles. The van der Waals surface area contributed by atoms with Gasteiger partial charge in [-0.15, -0.1) is 0 Å². The lowest BCUT2D eigenvalue weighted by atomic mass is 9.69. The van der Waals surface area contributed by atoms with Gasteiger partial charge in [0.15, 0.2) is 0 Å². The highest BCUT2D eigenvalue weighted by Crippen LogP contribution is 2.65. The van der Waals surface area contributed by atoms with Gasteiger partial charge in [-0.25, -0.2) is 0 Å². The third kappa shape index (κ3) is 1.92. The minimum atomic E-state index is 0.416. The van der Waals surface area contributed by atoms with E-state index in [1.165, 1.54) is 24.9 Å². The van der Waals surface area contributed by atoms with Crippen LogP contribution in [0.25, 0.3) is 0 Å². The Labute approximate surface area is 122 Å². The average Bonchev–Trinajstić information content (AvgIpc) is 2.73. The van der Waals surface area contributed by atoms with Gasteiger partial charge in [-0.3, -0.25) is 0 Å². The fourth-order valence-corrected chi connectivity index (χ4v) is 4.47. The minimum absolute atomic E-state index is 0.416. The Morgan fingerprint density at radius 1 is 1.30 bits per heavy atom. The Kier molecular flexibility index (Phi) is 3.23. The molecule has 1 aromatic rings. The number of nitrogens with one attached hydrogen (secondary N) is 1. The quantitative estimate of drug-likeness (QED) is 0.857. The van der Waals surface area contributed by atoms with E-state index in [4.69, 9.17) is 4.74 Å². The molecule has 2 bridgehead atoms. The second-order valence-corrected chi connectivity index (χ2v) is 7.27. The summed E-state index contributed by atoms with van der Waals surface area (Å²) in [6.07, 6.45) is 4.07. The molecule has 2 fully saturated rings. The number of anilines is 1. The Hall–Kier alpha value is -1.18. The van der Waals surface area contributed by atoms with Gasteiger partial charge in [-0.05, 0) is 55.1 Å². The van der Waals surface area contributed by atoms with E-state index >= 15 is 0 Å². The lowest BCUT2D eigenvalue weighted by Crippen LogP contribution is -2.40. The predicted molar refractivity (Wildman–Crippen MR) is 84.3 cm³/mol. The third-order valence-electron chi connectivity index (χ3n) is 6.28. The average molecular weight is 273 g/mol. The molecule has 3 unspecified atom stereocenters. The molecule has 0 amide bonds. The molecule has 1 aromatic carbocycles. The van der Waals surface area contributed by atoms with E-state index < -0.39 is 0 Å². The van der Waals surface area contributed by atoms with Crippen molar-refractivity contribution in [2.75, 3.05) is 11.9 Å². The molecule has 2 saturated carbocycles. The van der Waals surface area contributed by atoms with Crippen LogP contribution in [0.4, 0.5) is 5.69 Å². The first-order valence-electron chi connectivity index (χ1n) is 7.97. The summed E-state index contributed by atoms with van der Waals surface area (Å²) in [7, 11) is 0. The van der Waals surface area contributed by atoms with Gasteiger partial charge in [0, 0.05) is 17.8 Å². The molecule has 3 rings (SSSR count). The molecule has 0 saturated heterocycles. The van der Waals surface area contributed by atoms with Gasteiger partial charge in [0.05, 0.1) is 6.61 Å². The van der Waals surface area contributed by atoms with E-state index in [-0.39, 0.29) is 0 Å². The Morgan fingerprint density at radius 2 is 2.10 bits per heavy atom. The lowest BCUT2D eigenvalue weighted by Gasteiger charge is -2.40. The fraction of sp³-hybridized carbons (Fsp3) is 0.667. The zero-order valence-corrected chi connectivity index (χ0v) is 13.2. The maximum absolute atomic E-state index is 5.60. The van der Waals surface area contributed by atoms with Crippen LogP contribution >= 0.6 is 0 Å². The number of rotatable bonds is 4. The van der Waals surface area contributed by atoms with Crippen LogP contribution in [0.5, 0.6) is 5.75 Å². The van der Waals surface area contributed by atoms with Crippen molar-refractivity contribution in [2.45, 2.75) is 53.0 Å². The van der Waals surface area contributed by atoms with Crippen LogP contribution in [0, 0.1) is 16.7 Å². The first-order valence-corrected chi connectivity index (χ1v) is 7.97. The maximum Gasteiger partial charge on any atom is 0.121 e. The van der Waals surface area contributed by atoms with Crippen LogP contribution in [0.1, 0.15) is 47.0 Å². The van der Waals surface area contributed by atoms with Gasteiger partial charge < -0.3 is 10.1 Å². The van der Waals surface area contributed by atoms with Crippen LogP contribution in [0.2, 0.25) is 0 Å². The number of benzene rings is 1. The highest BCUT2D eigenvalue weighted by molar-refractivity contribution is 5.50. The second kappa shape index (κ2) is 4.68. The summed E-state index contributed by atoms with van der Waals surface area (Å²) >= 11 is 0. The zero-order valence-electron chi connectivity index (χ0n) is 13.2. The summed E-state index contributed by atoms with van der Waals surface area (Å²) in [5, 5.41) is 3.79. The molecule has 2 aliphatic carbocycles. The van der Waals surface area contributed by atoms with Gasteiger partial charge in [-0.2, -0.15) is 0 Å². The first-order chi connectivity index (χ1) is 9.47. The van der Waals surface area contributed by atoms with Gasteiger partial charge in [0.25, 0.3) is 0 Å². The van der Waals surface area contributed by atoms with E-state index in [0.717, 1.165) is 18.3 Å². The molecule has 110 valence electrons. The molecular formula is C18H27NO. The van der Waals surface area contributed by atoms with E-state index in [1.54, 1.807) is 0 Å². The van der Waals surface area contributed by atoms with Gasteiger partial charge in [-0.1, -0.05) is 26.8 Å². The van der Waals surface area contributed by atoms with E-state index in [1.807, 2.05) is 13.0 Å². The zero-order chi connectivity index (χ0) is 14.4. The van der Waals surface area contributed by atoms with Gasteiger partial charge in [0.1, 0.15) is 5.75 Å².